The number of aryl methyl sites for hydroxylation is 1. The van der Waals surface area contributed by atoms with Crippen LogP contribution in [0.1, 0.15) is 16.1 Å². The van der Waals surface area contributed by atoms with Gasteiger partial charge in [-0.05, 0) is 17.7 Å². The fraction of sp³-hybridized carbons (Fsp3) is 0.133. The molecule has 0 bridgehead atoms. The summed E-state index contributed by atoms with van der Waals surface area (Å²) in [6, 6.07) is 7.32. The first kappa shape index (κ1) is 16.7. The molecule has 0 atom stereocenters. The summed E-state index contributed by atoms with van der Waals surface area (Å²) in [6.07, 6.45) is 4.14. The molecular weight excluding hydrogens is 348 g/mol. The largest absolute Gasteiger partial charge is 0.320 e. The topological polar surface area (TPSA) is 108 Å². The zero-order valence-corrected chi connectivity index (χ0v) is 13.8. The summed E-state index contributed by atoms with van der Waals surface area (Å²) in [5.41, 5.74) is 0.936. The lowest BCUT2D eigenvalue weighted by Gasteiger charge is -2.03. The summed E-state index contributed by atoms with van der Waals surface area (Å²) < 4.78 is 2.79. The average Bonchev–Trinajstić information content (AvgIpc) is 3.16. The standard InChI is InChI=1S/C15H13ClN6O3/c1-20-14(13(7-17-20)22(24)25)15(23)19-12-6-18-21(9-12)8-10-2-4-11(16)5-3-10/h2-7,9H,8H2,1H3,(H,19,23). The molecule has 3 rings (SSSR count). The van der Waals surface area contributed by atoms with Crippen LogP contribution in [0, 0.1) is 10.1 Å². The van der Waals surface area contributed by atoms with E-state index >= 15 is 0 Å². The average molecular weight is 361 g/mol. The number of nitro groups is 1. The molecule has 0 radical (unpaired) electrons. The summed E-state index contributed by atoms with van der Waals surface area (Å²) in [7, 11) is 1.46. The molecule has 9 nitrogen and oxygen atoms in total. The SMILES string of the molecule is Cn1ncc([N+](=O)[O-])c1C(=O)Nc1cnn(Cc2ccc(Cl)cc2)c1. The second-order valence-corrected chi connectivity index (χ2v) is 5.70. The second kappa shape index (κ2) is 6.73. The maximum absolute atomic E-state index is 12.3. The van der Waals surface area contributed by atoms with E-state index in [0.717, 1.165) is 16.4 Å². The minimum absolute atomic E-state index is 0.129. The van der Waals surface area contributed by atoms with Gasteiger partial charge >= 0.3 is 5.69 Å². The van der Waals surface area contributed by atoms with E-state index < -0.39 is 10.8 Å². The Morgan fingerprint density at radius 3 is 2.68 bits per heavy atom. The highest BCUT2D eigenvalue weighted by Crippen LogP contribution is 2.19. The van der Waals surface area contributed by atoms with Gasteiger partial charge in [0.05, 0.1) is 23.4 Å². The van der Waals surface area contributed by atoms with Crippen molar-refractivity contribution in [3.05, 3.63) is 69.3 Å². The van der Waals surface area contributed by atoms with Crippen molar-refractivity contribution in [3.8, 4) is 0 Å². The third kappa shape index (κ3) is 3.66. The van der Waals surface area contributed by atoms with Gasteiger partial charge in [0, 0.05) is 18.3 Å². The monoisotopic (exact) mass is 360 g/mol. The number of amides is 1. The van der Waals surface area contributed by atoms with E-state index in [1.54, 1.807) is 23.0 Å². The molecule has 1 aromatic carbocycles. The molecule has 128 valence electrons. The van der Waals surface area contributed by atoms with Crippen LogP contribution >= 0.6 is 11.6 Å². The van der Waals surface area contributed by atoms with Crippen molar-refractivity contribution >= 4 is 28.9 Å². The van der Waals surface area contributed by atoms with Gasteiger partial charge in [-0.25, -0.2) is 0 Å². The van der Waals surface area contributed by atoms with Crippen LogP contribution in [-0.2, 0) is 13.6 Å². The summed E-state index contributed by atoms with van der Waals surface area (Å²) in [6.45, 7) is 0.499. The molecule has 0 saturated carbocycles. The van der Waals surface area contributed by atoms with E-state index in [1.165, 1.54) is 13.2 Å². The molecule has 0 spiro atoms. The molecule has 0 fully saturated rings. The Morgan fingerprint density at radius 1 is 1.28 bits per heavy atom. The number of carbonyl (C=O) groups is 1. The molecule has 2 heterocycles. The number of nitrogens with zero attached hydrogens (tertiary/aromatic N) is 5. The van der Waals surface area contributed by atoms with E-state index in [1.807, 2.05) is 12.1 Å². The second-order valence-electron chi connectivity index (χ2n) is 5.27. The number of benzene rings is 1. The summed E-state index contributed by atoms with van der Waals surface area (Å²) in [4.78, 5) is 22.6. The van der Waals surface area contributed by atoms with E-state index in [-0.39, 0.29) is 11.4 Å². The minimum atomic E-state index is -0.647. The Labute approximate surface area is 147 Å². The fourth-order valence-corrected chi connectivity index (χ4v) is 2.43. The molecule has 0 unspecified atom stereocenters. The number of rotatable bonds is 5. The number of anilines is 1. The van der Waals surface area contributed by atoms with Gasteiger partial charge in [0.2, 0.25) is 5.69 Å². The molecular formula is C15H13ClN6O3. The highest BCUT2D eigenvalue weighted by Gasteiger charge is 2.25. The van der Waals surface area contributed by atoms with Gasteiger partial charge in [-0.3, -0.25) is 24.3 Å². The predicted octanol–water partition coefficient (Wildman–Crippen LogP) is 2.48. The first-order valence-electron chi connectivity index (χ1n) is 7.18. The first-order chi connectivity index (χ1) is 11.9. The number of hydrogen-bond acceptors (Lipinski definition) is 5. The summed E-state index contributed by atoms with van der Waals surface area (Å²) >= 11 is 5.85. The van der Waals surface area contributed by atoms with Crippen LogP contribution in [0.3, 0.4) is 0 Å². The Bertz CT molecular complexity index is 931. The molecule has 1 N–H and O–H groups in total. The van der Waals surface area contributed by atoms with Crippen molar-refractivity contribution in [2.45, 2.75) is 6.54 Å². The maximum Gasteiger partial charge on any atom is 0.320 e. The Balaban J connectivity index is 1.73. The van der Waals surface area contributed by atoms with Crippen LogP contribution < -0.4 is 5.32 Å². The van der Waals surface area contributed by atoms with Gasteiger partial charge in [0.1, 0.15) is 6.20 Å². The molecule has 0 aliphatic carbocycles. The Morgan fingerprint density at radius 2 is 2.00 bits per heavy atom. The Kier molecular flexibility index (Phi) is 4.48. The van der Waals surface area contributed by atoms with Crippen molar-refractivity contribution in [3.63, 3.8) is 0 Å². The highest BCUT2D eigenvalue weighted by atomic mass is 35.5. The molecule has 10 heteroatoms. The van der Waals surface area contributed by atoms with Crippen LogP contribution in [0.5, 0.6) is 0 Å². The number of carbonyl (C=O) groups excluding carboxylic acids is 1. The third-order valence-electron chi connectivity index (χ3n) is 3.48. The van der Waals surface area contributed by atoms with E-state index in [0.29, 0.717) is 17.3 Å². The van der Waals surface area contributed by atoms with Gasteiger partial charge < -0.3 is 5.32 Å². The smallest absolute Gasteiger partial charge is 0.318 e. The molecule has 0 saturated heterocycles. The van der Waals surface area contributed by atoms with Gasteiger partial charge in [0.15, 0.2) is 0 Å². The quantitative estimate of drug-likeness (QED) is 0.555. The van der Waals surface area contributed by atoms with Crippen LogP contribution in [0.4, 0.5) is 11.4 Å². The first-order valence-corrected chi connectivity index (χ1v) is 7.56. The van der Waals surface area contributed by atoms with Crippen molar-refractivity contribution in [2.75, 3.05) is 5.32 Å². The van der Waals surface area contributed by atoms with Crippen LogP contribution in [0.15, 0.2) is 42.9 Å². The van der Waals surface area contributed by atoms with Gasteiger partial charge in [-0.2, -0.15) is 10.2 Å². The molecule has 25 heavy (non-hydrogen) atoms. The summed E-state index contributed by atoms with van der Waals surface area (Å²) in [5, 5.41) is 22.1. The predicted molar refractivity (Wildman–Crippen MR) is 90.6 cm³/mol. The lowest BCUT2D eigenvalue weighted by Crippen LogP contribution is -2.17. The van der Waals surface area contributed by atoms with Crippen molar-refractivity contribution < 1.29 is 9.72 Å². The van der Waals surface area contributed by atoms with Gasteiger partial charge in [-0.1, -0.05) is 23.7 Å². The lowest BCUT2D eigenvalue weighted by atomic mass is 10.2. The normalized spacial score (nSPS) is 10.6. The number of halogens is 1. The maximum atomic E-state index is 12.3. The number of nitrogens with one attached hydrogen (secondary N) is 1. The van der Waals surface area contributed by atoms with Crippen molar-refractivity contribution in [1.29, 1.82) is 0 Å². The van der Waals surface area contributed by atoms with Crippen molar-refractivity contribution in [2.24, 2.45) is 7.05 Å². The molecule has 3 aromatic rings. The summed E-state index contributed by atoms with van der Waals surface area (Å²) in [5.74, 6) is -0.627. The van der Waals surface area contributed by atoms with Crippen LogP contribution in [0.2, 0.25) is 5.02 Å². The third-order valence-corrected chi connectivity index (χ3v) is 3.73. The minimum Gasteiger partial charge on any atom is -0.318 e. The highest BCUT2D eigenvalue weighted by molar-refractivity contribution is 6.30. The van der Waals surface area contributed by atoms with Crippen molar-refractivity contribution in [1.82, 2.24) is 19.6 Å². The molecule has 0 aliphatic rings. The molecule has 1 amide bonds. The van der Waals surface area contributed by atoms with Gasteiger partial charge in [-0.15, -0.1) is 0 Å². The zero-order chi connectivity index (χ0) is 18.0. The Hall–Kier alpha value is -3.20. The van der Waals surface area contributed by atoms with Crippen LogP contribution in [0.25, 0.3) is 0 Å². The van der Waals surface area contributed by atoms with Crippen LogP contribution in [-0.4, -0.2) is 30.4 Å². The van der Waals surface area contributed by atoms with Gasteiger partial charge in [0.25, 0.3) is 5.91 Å². The number of aromatic nitrogens is 4. The van der Waals surface area contributed by atoms with E-state index in [4.69, 9.17) is 11.6 Å². The fourth-order valence-electron chi connectivity index (χ4n) is 2.30. The van der Waals surface area contributed by atoms with E-state index in [2.05, 4.69) is 15.5 Å². The lowest BCUT2D eigenvalue weighted by molar-refractivity contribution is -0.385. The van der Waals surface area contributed by atoms with E-state index in [9.17, 15) is 14.9 Å². The molecule has 2 aromatic heterocycles. The number of hydrogen-bond donors (Lipinski definition) is 1. The zero-order valence-electron chi connectivity index (χ0n) is 13.1. The molecule has 0 aliphatic heterocycles.